The number of hydrogen-bond donors (Lipinski definition) is 0. The summed E-state index contributed by atoms with van der Waals surface area (Å²) in [6.07, 6.45) is 1.87. The first-order valence-corrected chi connectivity index (χ1v) is 10.3. The van der Waals surface area contributed by atoms with Crippen LogP contribution in [0.25, 0.3) is 6.08 Å². The third-order valence-electron chi connectivity index (χ3n) is 4.38. The summed E-state index contributed by atoms with van der Waals surface area (Å²) in [6, 6.07) is 11.9. The molecule has 1 heterocycles. The molecular weight excluding hydrogens is 390 g/mol. The molecule has 2 aromatic rings. The van der Waals surface area contributed by atoms with E-state index in [1.807, 2.05) is 57.2 Å². The van der Waals surface area contributed by atoms with Crippen LogP contribution in [0.5, 0.6) is 11.5 Å². The fourth-order valence-corrected chi connectivity index (χ4v) is 4.49. The smallest absolute Gasteiger partial charge is 0.266 e. The molecular formula is C22H23NO3S2. The van der Waals surface area contributed by atoms with Crippen molar-refractivity contribution in [3.05, 3.63) is 63.6 Å². The molecule has 28 heavy (non-hydrogen) atoms. The highest BCUT2D eigenvalue weighted by Gasteiger charge is 2.30. The topological polar surface area (TPSA) is 38.8 Å². The first kappa shape index (κ1) is 20.4. The highest BCUT2D eigenvalue weighted by Crippen LogP contribution is 2.33. The number of thioether (sulfide) groups is 1. The Labute approximate surface area is 175 Å². The summed E-state index contributed by atoms with van der Waals surface area (Å²) in [7, 11) is 1.64. The second-order valence-corrected chi connectivity index (χ2v) is 8.29. The van der Waals surface area contributed by atoms with Crippen molar-refractivity contribution < 1.29 is 14.3 Å². The van der Waals surface area contributed by atoms with Gasteiger partial charge >= 0.3 is 0 Å². The van der Waals surface area contributed by atoms with Gasteiger partial charge < -0.3 is 9.47 Å². The van der Waals surface area contributed by atoms with Crippen molar-refractivity contribution in [3.63, 3.8) is 0 Å². The average molecular weight is 414 g/mol. The van der Waals surface area contributed by atoms with Gasteiger partial charge in [0.15, 0.2) is 0 Å². The van der Waals surface area contributed by atoms with Gasteiger partial charge in [-0.05, 0) is 67.8 Å². The zero-order valence-electron chi connectivity index (χ0n) is 16.4. The zero-order valence-corrected chi connectivity index (χ0v) is 18.1. The van der Waals surface area contributed by atoms with Crippen molar-refractivity contribution in [2.24, 2.45) is 0 Å². The number of thiocarbonyl (C=S) groups is 1. The van der Waals surface area contributed by atoms with E-state index in [-0.39, 0.29) is 5.91 Å². The van der Waals surface area contributed by atoms with E-state index >= 15 is 0 Å². The van der Waals surface area contributed by atoms with E-state index in [1.54, 1.807) is 12.0 Å². The average Bonchev–Trinajstić information content (AvgIpc) is 2.92. The fraction of sp³-hybridized carbons (Fsp3) is 0.273. The minimum Gasteiger partial charge on any atom is -0.496 e. The molecule has 6 heteroatoms. The van der Waals surface area contributed by atoms with Gasteiger partial charge in [-0.2, -0.15) is 0 Å². The van der Waals surface area contributed by atoms with Gasteiger partial charge in [-0.15, -0.1) is 0 Å². The number of benzene rings is 2. The van der Waals surface area contributed by atoms with Crippen LogP contribution in [0.1, 0.15) is 29.2 Å². The Kier molecular flexibility index (Phi) is 6.42. The van der Waals surface area contributed by atoms with E-state index in [9.17, 15) is 4.79 Å². The lowest BCUT2D eigenvalue weighted by Gasteiger charge is -2.12. The molecule has 1 amide bonds. The standard InChI is InChI=1S/C22H23NO3S2/c1-5-23-21(24)20(28-22(23)27)12-16-6-7-19(25-4)17(11-16)13-26-18-9-14(2)8-15(3)10-18/h6-12H,5,13H2,1-4H3/b20-12+. The number of rotatable bonds is 6. The van der Waals surface area contributed by atoms with Crippen LogP contribution in [0, 0.1) is 13.8 Å². The molecule has 1 fully saturated rings. The molecule has 0 spiro atoms. The van der Waals surface area contributed by atoms with Crippen molar-refractivity contribution in [3.8, 4) is 11.5 Å². The van der Waals surface area contributed by atoms with Crippen molar-refractivity contribution in [1.82, 2.24) is 4.90 Å². The number of hydrogen-bond acceptors (Lipinski definition) is 5. The first-order chi connectivity index (χ1) is 13.4. The number of amides is 1. The maximum absolute atomic E-state index is 12.4. The van der Waals surface area contributed by atoms with Crippen LogP contribution >= 0.6 is 24.0 Å². The van der Waals surface area contributed by atoms with Crippen LogP contribution in [-0.4, -0.2) is 28.8 Å². The molecule has 0 atom stereocenters. The molecule has 0 aromatic heterocycles. The Hall–Kier alpha value is -2.31. The normalized spacial score (nSPS) is 15.4. The quantitative estimate of drug-likeness (QED) is 0.486. The lowest BCUT2D eigenvalue weighted by Crippen LogP contribution is -2.27. The number of ether oxygens (including phenoxy) is 2. The van der Waals surface area contributed by atoms with Crippen LogP contribution in [0.2, 0.25) is 0 Å². The number of aryl methyl sites for hydroxylation is 2. The van der Waals surface area contributed by atoms with E-state index in [0.717, 1.165) is 33.8 Å². The minimum absolute atomic E-state index is 0.0404. The van der Waals surface area contributed by atoms with Crippen LogP contribution in [0.15, 0.2) is 41.3 Å². The highest BCUT2D eigenvalue weighted by molar-refractivity contribution is 8.26. The molecule has 0 radical (unpaired) electrons. The third-order valence-corrected chi connectivity index (χ3v) is 5.76. The summed E-state index contributed by atoms with van der Waals surface area (Å²) >= 11 is 6.62. The van der Waals surface area contributed by atoms with Crippen molar-refractivity contribution in [2.45, 2.75) is 27.4 Å². The summed E-state index contributed by atoms with van der Waals surface area (Å²) in [5.41, 5.74) is 4.15. The molecule has 3 rings (SSSR count). The fourth-order valence-electron chi connectivity index (χ4n) is 3.10. The number of nitrogens with zero attached hydrogens (tertiary/aromatic N) is 1. The Morgan fingerprint density at radius 1 is 1.14 bits per heavy atom. The summed E-state index contributed by atoms with van der Waals surface area (Å²) in [5.74, 6) is 1.54. The van der Waals surface area contributed by atoms with E-state index in [1.165, 1.54) is 11.8 Å². The van der Waals surface area contributed by atoms with Gasteiger partial charge in [0.2, 0.25) is 0 Å². The minimum atomic E-state index is -0.0404. The number of carbonyl (C=O) groups excluding carboxylic acids is 1. The monoisotopic (exact) mass is 413 g/mol. The van der Waals surface area contributed by atoms with Gasteiger partial charge in [0.1, 0.15) is 22.4 Å². The Bertz CT molecular complexity index is 933. The van der Waals surface area contributed by atoms with Crippen molar-refractivity contribution in [1.29, 1.82) is 0 Å². The summed E-state index contributed by atoms with van der Waals surface area (Å²) in [4.78, 5) is 14.7. The van der Waals surface area contributed by atoms with E-state index in [0.29, 0.717) is 22.4 Å². The number of likely N-dealkylation sites (N-methyl/N-ethyl adjacent to an activating group) is 1. The largest absolute Gasteiger partial charge is 0.496 e. The molecule has 0 unspecified atom stereocenters. The van der Waals surface area contributed by atoms with E-state index < -0.39 is 0 Å². The van der Waals surface area contributed by atoms with E-state index in [4.69, 9.17) is 21.7 Å². The van der Waals surface area contributed by atoms with Gasteiger partial charge in [-0.25, -0.2) is 0 Å². The first-order valence-electron chi connectivity index (χ1n) is 9.04. The predicted octanol–water partition coefficient (Wildman–Crippen LogP) is 5.11. The Morgan fingerprint density at radius 3 is 2.46 bits per heavy atom. The van der Waals surface area contributed by atoms with Crippen LogP contribution in [-0.2, 0) is 11.4 Å². The maximum Gasteiger partial charge on any atom is 0.266 e. The molecule has 2 aromatic carbocycles. The molecule has 146 valence electrons. The molecule has 4 nitrogen and oxygen atoms in total. The summed E-state index contributed by atoms with van der Waals surface area (Å²) < 4.78 is 12.1. The summed E-state index contributed by atoms with van der Waals surface area (Å²) in [5, 5.41) is 0. The second kappa shape index (κ2) is 8.80. The van der Waals surface area contributed by atoms with Crippen LogP contribution < -0.4 is 9.47 Å². The lowest BCUT2D eigenvalue weighted by molar-refractivity contribution is -0.121. The van der Waals surface area contributed by atoms with Crippen LogP contribution in [0.3, 0.4) is 0 Å². The van der Waals surface area contributed by atoms with Gasteiger partial charge in [-0.1, -0.05) is 36.1 Å². The molecule has 0 saturated carbocycles. The highest BCUT2D eigenvalue weighted by atomic mass is 32.2. The third kappa shape index (κ3) is 4.56. The van der Waals surface area contributed by atoms with Gasteiger partial charge in [0.25, 0.3) is 5.91 Å². The predicted molar refractivity (Wildman–Crippen MR) is 119 cm³/mol. The molecule has 0 aliphatic carbocycles. The number of carbonyl (C=O) groups is 1. The van der Waals surface area contributed by atoms with Crippen LogP contribution in [0.4, 0.5) is 0 Å². The molecule has 0 N–H and O–H groups in total. The van der Waals surface area contributed by atoms with Gasteiger partial charge in [-0.3, -0.25) is 9.69 Å². The maximum atomic E-state index is 12.4. The Morgan fingerprint density at radius 2 is 1.86 bits per heavy atom. The molecule has 0 bridgehead atoms. The van der Waals surface area contributed by atoms with Crippen molar-refractivity contribution >= 4 is 40.3 Å². The summed E-state index contributed by atoms with van der Waals surface area (Å²) in [6.45, 7) is 6.98. The molecule has 1 aliphatic heterocycles. The van der Waals surface area contributed by atoms with Gasteiger partial charge in [0, 0.05) is 12.1 Å². The Balaban J connectivity index is 1.83. The number of methoxy groups -OCH3 is 1. The molecule has 1 saturated heterocycles. The lowest BCUT2D eigenvalue weighted by atomic mass is 10.1. The zero-order chi connectivity index (χ0) is 20.3. The molecule has 1 aliphatic rings. The van der Waals surface area contributed by atoms with Crippen molar-refractivity contribution in [2.75, 3.05) is 13.7 Å². The van der Waals surface area contributed by atoms with E-state index in [2.05, 4.69) is 6.07 Å². The van der Waals surface area contributed by atoms with Gasteiger partial charge in [0.05, 0.1) is 12.0 Å². The SMILES string of the molecule is CCN1C(=O)/C(=C\c2ccc(OC)c(COc3cc(C)cc(C)c3)c2)SC1=S. The second-order valence-electron chi connectivity index (χ2n) is 6.61.